The van der Waals surface area contributed by atoms with E-state index in [0.29, 0.717) is 0 Å². The Hall–Kier alpha value is 0.232. The largest absolute Gasteiger partial charge is 0.300 e. The molecule has 1 nitrogen and oxygen atoms in total. The van der Waals surface area contributed by atoms with Crippen molar-refractivity contribution < 1.29 is 0 Å². The summed E-state index contributed by atoms with van der Waals surface area (Å²) in [5, 5.41) is 6.44. The summed E-state index contributed by atoms with van der Waals surface area (Å²) in [6, 6.07) is 0. The molecule has 1 rings (SSSR count). The lowest BCUT2D eigenvalue weighted by atomic mass is 10.0. The van der Waals surface area contributed by atoms with Gasteiger partial charge >= 0.3 is 0 Å². The van der Waals surface area contributed by atoms with Crippen LogP contribution in [0.3, 0.4) is 0 Å². The number of allylic oxidation sites excluding steroid dienone is 1. The first-order chi connectivity index (χ1) is 9.69. The molecular weight excluding hydrogens is 257 g/mol. The highest BCUT2D eigenvalue weighted by Gasteiger charge is 2.33. The standard InChI is InChI=1S/C14H27N.2C2H5.Al/c1-5-14(4)12-10-8-9-11-13-15(6-2)7-3;2*1-2;/h9,11,14H,1,4-8,10,12-13H2,2-3H3;2*1H2,2H3;/q;;;-1/b11-9+;;;. The van der Waals surface area contributed by atoms with E-state index in [9.17, 15) is 0 Å². The molecule has 1 unspecified atom stereocenters. The van der Waals surface area contributed by atoms with Gasteiger partial charge in [-0.1, -0.05) is 44.8 Å². The van der Waals surface area contributed by atoms with Crippen molar-refractivity contribution in [3.05, 3.63) is 12.2 Å². The number of hydrogen-bond donors (Lipinski definition) is 0. The Morgan fingerprint density at radius 2 is 1.75 bits per heavy atom. The normalized spacial score (nSPS) is 22.1. The van der Waals surface area contributed by atoms with Gasteiger partial charge in [0.05, 0.1) is 0 Å². The van der Waals surface area contributed by atoms with E-state index < -0.39 is 13.1 Å². The van der Waals surface area contributed by atoms with Crippen LogP contribution in [0.2, 0.25) is 21.1 Å². The molecule has 1 atom stereocenters. The zero-order chi connectivity index (χ0) is 14.8. The third-order valence-electron chi connectivity index (χ3n) is 6.16. The van der Waals surface area contributed by atoms with Gasteiger partial charge in [0.25, 0.3) is 0 Å². The van der Waals surface area contributed by atoms with Crippen LogP contribution in [0, 0.1) is 5.92 Å². The molecule has 0 aromatic rings. The molecule has 0 spiro atoms. The lowest BCUT2D eigenvalue weighted by molar-refractivity contribution is 0.337. The number of hydrogen-bond acceptors (Lipinski definition) is 1. The molecule has 0 amide bonds. The molecule has 0 aliphatic carbocycles. The number of rotatable bonds is 10. The minimum atomic E-state index is -1.06. The van der Waals surface area contributed by atoms with Crippen molar-refractivity contribution in [1.82, 2.24) is 4.90 Å². The summed E-state index contributed by atoms with van der Waals surface area (Å²) in [4.78, 5) is 2.47. The van der Waals surface area contributed by atoms with Crippen molar-refractivity contribution in [1.29, 1.82) is 0 Å². The predicted octanol–water partition coefficient (Wildman–Crippen LogP) is 5.56. The summed E-state index contributed by atoms with van der Waals surface area (Å²) < 4.78 is 0. The third kappa shape index (κ3) is 5.92. The Morgan fingerprint density at radius 1 is 1.05 bits per heavy atom. The van der Waals surface area contributed by atoms with Crippen LogP contribution in [-0.4, -0.2) is 37.6 Å². The number of unbranched alkanes of at least 4 members (excludes halogenated alkanes) is 1. The van der Waals surface area contributed by atoms with Crippen molar-refractivity contribution in [3.63, 3.8) is 0 Å². The van der Waals surface area contributed by atoms with Crippen molar-refractivity contribution in [2.75, 3.05) is 19.6 Å². The summed E-state index contributed by atoms with van der Waals surface area (Å²) >= 11 is -1.06. The van der Waals surface area contributed by atoms with Gasteiger partial charge in [0.2, 0.25) is 0 Å². The monoisotopic (exact) mass is 294 g/mol. The van der Waals surface area contributed by atoms with Crippen LogP contribution in [-0.2, 0) is 0 Å². The molecule has 0 aromatic heterocycles. The summed E-state index contributed by atoms with van der Waals surface area (Å²) in [7, 11) is 0. The van der Waals surface area contributed by atoms with E-state index in [1.165, 1.54) is 32.4 Å². The molecule has 1 aliphatic rings. The topological polar surface area (TPSA) is 3.24 Å². The molecule has 1 fully saturated rings. The zero-order valence-corrected chi connectivity index (χ0v) is 15.7. The minimum Gasteiger partial charge on any atom is -0.300 e. The van der Waals surface area contributed by atoms with E-state index in [2.05, 4.69) is 44.7 Å². The fourth-order valence-electron chi connectivity index (χ4n) is 4.17. The molecule has 0 saturated carbocycles. The van der Waals surface area contributed by atoms with Gasteiger partial charge in [0, 0.05) is 6.54 Å². The first kappa shape index (κ1) is 18.3. The summed E-state index contributed by atoms with van der Waals surface area (Å²) in [5.41, 5.74) is 0. The van der Waals surface area contributed by atoms with Gasteiger partial charge in [0.15, 0.2) is 0 Å². The quantitative estimate of drug-likeness (QED) is 0.289. The maximum Gasteiger partial charge on any atom is 0.134 e. The van der Waals surface area contributed by atoms with E-state index in [1.807, 2.05) is 0 Å². The maximum atomic E-state index is 2.47. The highest BCUT2D eigenvalue weighted by molar-refractivity contribution is 6.80. The molecule has 0 N–H and O–H groups in total. The first-order valence-electron chi connectivity index (χ1n) is 9.28. The van der Waals surface area contributed by atoms with E-state index in [-0.39, 0.29) is 0 Å². The highest BCUT2D eigenvalue weighted by atomic mass is 27.2. The Morgan fingerprint density at radius 3 is 2.30 bits per heavy atom. The van der Waals surface area contributed by atoms with Crippen LogP contribution >= 0.6 is 0 Å². The van der Waals surface area contributed by atoms with Gasteiger partial charge in [-0.15, -0.1) is 13.8 Å². The molecule has 20 heavy (non-hydrogen) atoms. The maximum absolute atomic E-state index is 2.47. The van der Waals surface area contributed by atoms with Gasteiger partial charge in [-0.25, -0.2) is 0 Å². The van der Waals surface area contributed by atoms with Crippen molar-refractivity contribution in [2.24, 2.45) is 5.92 Å². The fraction of sp³-hybridized carbons (Fsp3) is 0.889. The van der Waals surface area contributed by atoms with Gasteiger partial charge in [-0.05, 0) is 25.9 Å². The van der Waals surface area contributed by atoms with Gasteiger partial charge in [-0.2, -0.15) is 21.1 Å². The van der Waals surface area contributed by atoms with Crippen molar-refractivity contribution in [3.8, 4) is 0 Å². The van der Waals surface area contributed by atoms with Crippen molar-refractivity contribution in [2.45, 2.75) is 74.5 Å². The molecular formula is C18H37AlN-. The molecule has 0 aromatic carbocycles. The predicted molar refractivity (Wildman–Crippen MR) is 95.2 cm³/mol. The fourth-order valence-corrected chi connectivity index (χ4v) is 9.53. The second-order valence-corrected chi connectivity index (χ2v) is 13.3. The number of nitrogens with zero attached hydrogens (tertiary/aromatic N) is 1. The SMILES string of the molecule is CCN(CC)C/C=C/CCCC1C[CH2][Al-]([CH2]C)([CH2]C)[CH2]1. The van der Waals surface area contributed by atoms with Crippen LogP contribution in [0.25, 0.3) is 0 Å². The molecule has 1 saturated heterocycles. The van der Waals surface area contributed by atoms with E-state index >= 15 is 0 Å². The lowest BCUT2D eigenvalue weighted by Crippen LogP contribution is -2.27. The first-order valence-corrected chi connectivity index (χ1v) is 12.6. The van der Waals surface area contributed by atoms with Crippen LogP contribution in [0.5, 0.6) is 0 Å². The zero-order valence-electron chi connectivity index (χ0n) is 14.5. The molecule has 118 valence electrons. The lowest BCUT2D eigenvalue weighted by Gasteiger charge is -2.27. The summed E-state index contributed by atoms with van der Waals surface area (Å²) in [6.45, 7) is 12.9. The molecule has 0 radical (unpaired) electrons. The molecule has 1 aliphatic heterocycles. The average molecular weight is 294 g/mol. The number of likely N-dealkylation sites (N-methyl/N-ethyl adjacent to an activating group) is 1. The molecule has 2 heteroatoms. The van der Waals surface area contributed by atoms with Crippen LogP contribution < -0.4 is 0 Å². The summed E-state index contributed by atoms with van der Waals surface area (Å²) in [6.07, 6.45) is 10.6. The third-order valence-corrected chi connectivity index (χ3v) is 12.8. The average Bonchev–Trinajstić information content (AvgIpc) is 2.91. The second kappa shape index (κ2) is 10.0. The minimum absolute atomic E-state index is 1.06. The van der Waals surface area contributed by atoms with E-state index in [0.717, 1.165) is 12.5 Å². The van der Waals surface area contributed by atoms with E-state index in [1.54, 1.807) is 27.6 Å². The van der Waals surface area contributed by atoms with Gasteiger partial charge in [-0.3, -0.25) is 0 Å². The van der Waals surface area contributed by atoms with Gasteiger partial charge < -0.3 is 4.90 Å². The Kier molecular flexibility index (Phi) is 9.18. The Bertz CT molecular complexity index is 267. The van der Waals surface area contributed by atoms with Crippen molar-refractivity contribution >= 4 is 13.1 Å². The summed E-state index contributed by atoms with van der Waals surface area (Å²) in [5.74, 6) is 1.09. The van der Waals surface area contributed by atoms with Crippen LogP contribution in [0.4, 0.5) is 0 Å². The van der Waals surface area contributed by atoms with Crippen LogP contribution in [0.1, 0.15) is 53.4 Å². The molecule has 1 heterocycles. The second-order valence-electron chi connectivity index (χ2n) is 7.12. The van der Waals surface area contributed by atoms with E-state index in [4.69, 9.17) is 0 Å². The Labute approximate surface area is 130 Å². The molecule has 0 bridgehead atoms. The van der Waals surface area contributed by atoms with Crippen LogP contribution in [0.15, 0.2) is 12.2 Å². The Balaban J connectivity index is 2.12. The smallest absolute Gasteiger partial charge is 0.134 e. The highest BCUT2D eigenvalue weighted by Crippen LogP contribution is 2.42. The van der Waals surface area contributed by atoms with Gasteiger partial charge in [0.1, 0.15) is 13.1 Å².